The van der Waals surface area contributed by atoms with Crippen molar-refractivity contribution in [2.75, 3.05) is 0 Å². The number of aryl methyl sites for hydroxylation is 2. The molecule has 0 bridgehead atoms. The van der Waals surface area contributed by atoms with Gasteiger partial charge in [-0.15, -0.1) is 0 Å². The van der Waals surface area contributed by atoms with Crippen molar-refractivity contribution in [1.82, 2.24) is 14.8 Å². The summed E-state index contributed by atoms with van der Waals surface area (Å²) in [6.45, 7) is 4.47. The van der Waals surface area contributed by atoms with Gasteiger partial charge in [-0.2, -0.15) is 5.10 Å². The minimum Gasteiger partial charge on any atom is -0.386 e. The van der Waals surface area contributed by atoms with E-state index in [1.807, 2.05) is 13.8 Å². The monoisotopic (exact) mass is 333 g/mol. The predicted molar refractivity (Wildman–Crippen MR) is 80.6 cm³/mol. The molecule has 2 aromatic rings. The van der Waals surface area contributed by atoms with E-state index in [1.165, 1.54) is 6.20 Å². The van der Waals surface area contributed by atoms with Crippen LogP contribution in [0.5, 0.6) is 0 Å². The summed E-state index contributed by atoms with van der Waals surface area (Å²) in [6.07, 6.45) is 0.886. The summed E-state index contributed by atoms with van der Waals surface area (Å²) in [6, 6.07) is 1.55. The molecule has 0 aliphatic rings. The Labute approximate surface area is 132 Å². The SMILES string of the molecule is CCn1nc(C)c(Cl)c1CC(O)c1ncc(Cl)cc1Cl. The molecule has 1 unspecified atom stereocenters. The minimum absolute atomic E-state index is 0.294. The van der Waals surface area contributed by atoms with Crippen LogP contribution < -0.4 is 0 Å². The van der Waals surface area contributed by atoms with Gasteiger partial charge in [0.1, 0.15) is 6.10 Å². The number of aromatic nitrogens is 3. The molecule has 0 saturated carbocycles. The summed E-state index contributed by atoms with van der Waals surface area (Å²) in [5.74, 6) is 0. The van der Waals surface area contributed by atoms with E-state index in [4.69, 9.17) is 34.8 Å². The van der Waals surface area contributed by atoms with E-state index in [0.717, 1.165) is 11.4 Å². The topological polar surface area (TPSA) is 50.9 Å². The number of aliphatic hydroxyl groups excluding tert-OH is 1. The molecule has 20 heavy (non-hydrogen) atoms. The van der Waals surface area contributed by atoms with Crippen LogP contribution in [0.4, 0.5) is 0 Å². The Bertz CT molecular complexity index is 628. The molecule has 0 aromatic carbocycles. The first-order chi connectivity index (χ1) is 9.43. The zero-order chi connectivity index (χ0) is 14.9. The van der Waals surface area contributed by atoms with Gasteiger partial charge in [0, 0.05) is 19.2 Å². The van der Waals surface area contributed by atoms with Crippen molar-refractivity contribution in [2.24, 2.45) is 0 Å². The van der Waals surface area contributed by atoms with Gasteiger partial charge in [-0.1, -0.05) is 34.8 Å². The molecular weight excluding hydrogens is 321 g/mol. The molecule has 1 atom stereocenters. The van der Waals surface area contributed by atoms with Gasteiger partial charge < -0.3 is 5.11 Å². The lowest BCUT2D eigenvalue weighted by Crippen LogP contribution is -2.10. The van der Waals surface area contributed by atoms with Gasteiger partial charge in [0.15, 0.2) is 0 Å². The number of rotatable bonds is 4. The fourth-order valence-corrected chi connectivity index (χ4v) is 2.73. The molecule has 2 rings (SSSR count). The molecule has 0 radical (unpaired) electrons. The molecular formula is C13H14Cl3N3O. The van der Waals surface area contributed by atoms with Crippen molar-refractivity contribution < 1.29 is 5.11 Å². The van der Waals surface area contributed by atoms with E-state index in [-0.39, 0.29) is 0 Å². The van der Waals surface area contributed by atoms with Gasteiger partial charge in [0.25, 0.3) is 0 Å². The lowest BCUT2D eigenvalue weighted by atomic mass is 10.1. The van der Waals surface area contributed by atoms with E-state index in [1.54, 1.807) is 10.7 Å². The van der Waals surface area contributed by atoms with E-state index < -0.39 is 6.10 Å². The summed E-state index contributed by atoms with van der Waals surface area (Å²) < 4.78 is 1.77. The maximum absolute atomic E-state index is 10.3. The average molecular weight is 335 g/mol. The molecule has 0 spiro atoms. The highest BCUT2D eigenvalue weighted by molar-refractivity contribution is 6.34. The van der Waals surface area contributed by atoms with Crippen LogP contribution >= 0.6 is 34.8 Å². The zero-order valence-electron chi connectivity index (χ0n) is 11.1. The standard InChI is InChI=1S/C13H14Cl3N3O/c1-3-19-10(12(16)7(2)18-19)5-11(20)13-9(15)4-8(14)6-17-13/h4,6,11,20H,3,5H2,1-2H3. The zero-order valence-corrected chi connectivity index (χ0v) is 13.3. The maximum Gasteiger partial charge on any atom is 0.103 e. The summed E-state index contributed by atoms with van der Waals surface area (Å²) >= 11 is 18.1. The molecule has 0 aliphatic carbocycles. The second kappa shape index (κ2) is 6.31. The van der Waals surface area contributed by atoms with Crippen LogP contribution in [0.2, 0.25) is 15.1 Å². The number of hydrogen-bond donors (Lipinski definition) is 1. The van der Waals surface area contributed by atoms with E-state index in [2.05, 4.69) is 10.1 Å². The normalized spacial score (nSPS) is 12.7. The third kappa shape index (κ3) is 3.09. The van der Waals surface area contributed by atoms with Crippen molar-refractivity contribution >= 4 is 34.8 Å². The Morgan fingerprint density at radius 3 is 2.65 bits per heavy atom. The van der Waals surface area contributed by atoms with Crippen LogP contribution in [0.1, 0.15) is 30.1 Å². The van der Waals surface area contributed by atoms with Crippen molar-refractivity contribution in [3.05, 3.63) is 44.4 Å². The Morgan fingerprint density at radius 2 is 2.05 bits per heavy atom. The summed E-state index contributed by atoms with van der Waals surface area (Å²) in [4.78, 5) is 4.08. The molecule has 0 amide bonds. The number of aliphatic hydroxyl groups is 1. The van der Waals surface area contributed by atoms with Crippen molar-refractivity contribution in [2.45, 2.75) is 32.9 Å². The second-order valence-electron chi connectivity index (χ2n) is 4.40. The van der Waals surface area contributed by atoms with Crippen molar-refractivity contribution in [3.8, 4) is 0 Å². The van der Waals surface area contributed by atoms with Crippen LogP contribution in [-0.2, 0) is 13.0 Å². The van der Waals surface area contributed by atoms with Crippen LogP contribution in [0, 0.1) is 6.92 Å². The number of hydrogen-bond acceptors (Lipinski definition) is 3. The Hall–Kier alpha value is -0.810. The highest BCUT2D eigenvalue weighted by Gasteiger charge is 2.20. The molecule has 0 fully saturated rings. The van der Waals surface area contributed by atoms with Gasteiger partial charge in [-0.25, -0.2) is 0 Å². The third-order valence-corrected chi connectivity index (χ3v) is 3.99. The quantitative estimate of drug-likeness (QED) is 0.924. The minimum atomic E-state index is -0.862. The summed E-state index contributed by atoms with van der Waals surface area (Å²) in [7, 11) is 0. The first-order valence-electron chi connectivity index (χ1n) is 6.14. The van der Waals surface area contributed by atoms with Crippen LogP contribution in [0.25, 0.3) is 0 Å². The third-order valence-electron chi connectivity index (χ3n) is 2.99. The van der Waals surface area contributed by atoms with Gasteiger partial charge >= 0.3 is 0 Å². The van der Waals surface area contributed by atoms with Gasteiger partial charge in [-0.05, 0) is 19.9 Å². The van der Waals surface area contributed by atoms with E-state index in [9.17, 15) is 5.11 Å². The van der Waals surface area contributed by atoms with Gasteiger partial charge in [0.2, 0.25) is 0 Å². The number of pyridine rings is 1. The number of halogens is 3. The Kier molecular flexibility index (Phi) is 4.91. The smallest absolute Gasteiger partial charge is 0.103 e. The van der Waals surface area contributed by atoms with Gasteiger partial charge in [0.05, 0.1) is 32.1 Å². The molecule has 0 aliphatic heterocycles. The fraction of sp³-hybridized carbons (Fsp3) is 0.385. The van der Waals surface area contributed by atoms with Gasteiger partial charge in [-0.3, -0.25) is 9.67 Å². The summed E-state index contributed by atoms with van der Waals surface area (Å²) in [5.41, 5.74) is 1.89. The number of nitrogens with zero attached hydrogens (tertiary/aromatic N) is 3. The van der Waals surface area contributed by atoms with Crippen LogP contribution in [0.15, 0.2) is 12.3 Å². The van der Waals surface area contributed by atoms with Crippen molar-refractivity contribution in [3.63, 3.8) is 0 Å². The summed E-state index contributed by atoms with van der Waals surface area (Å²) in [5, 5.41) is 15.9. The molecule has 7 heteroatoms. The maximum atomic E-state index is 10.3. The van der Waals surface area contributed by atoms with E-state index >= 15 is 0 Å². The van der Waals surface area contributed by atoms with E-state index in [0.29, 0.717) is 33.7 Å². The lowest BCUT2D eigenvalue weighted by Gasteiger charge is -2.13. The molecule has 1 N–H and O–H groups in total. The van der Waals surface area contributed by atoms with Crippen molar-refractivity contribution in [1.29, 1.82) is 0 Å². The predicted octanol–water partition coefficient (Wildman–Crippen LogP) is 3.84. The highest BCUT2D eigenvalue weighted by atomic mass is 35.5. The molecule has 108 valence electrons. The molecule has 2 aromatic heterocycles. The Balaban J connectivity index is 2.30. The highest BCUT2D eigenvalue weighted by Crippen LogP contribution is 2.29. The largest absolute Gasteiger partial charge is 0.386 e. The molecule has 4 nitrogen and oxygen atoms in total. The molecule has 2 heterocycles. The fourth-order valence-electron chi connectivity index (χ4n) is 2.01. The second-order valence-corrected chi connectivity index (χ2v) is 5.62. The Morgan fingerprint density at radius 1 is 1.35 bits per heavy atom. The first-order valence-corrected chi connectivity index (χ1v) is 7.28. The van der Waals surface area contributed by atoms with Crippen LogP contribution in [0.3, 0.4) is 0 Å². The lowest BCUT2D eigenvalue weighted by molar-refractivity contribution is 0.171. The first kappa shape index (κ1) is 15.6. The average Bonchev–Trinajstić information content (AvgIpc) is 2.66. The molecule has 0 saturated heterocycles. The van der Waals surface area contributed by atoms with Crippen LogP contribution in [-0.4, -0.2) is 19.9 Å².